The first-order valence-electron chi connectivity index (χ1n) is 9.10. The van der Waals surface area contributed by atoms with Crippen molar-refractivity contribution >= 4 is 50.1 Å². The van der Waals surface area contributed by atoms with Crippen LogP contribution in [0.5, 0.6) is 5.75 Å². The first-order chi connectivity index (χ1) is 15.2. The molecule has 0 aliphatic heterocycles. The van der Waals surface area contributed by atoms with Gasteiger partial charge in [0.1, 0.15) is 24.0 Å². The van der Waals surface area contributed by atoms with Crippen molar-refractivity contribution in [1.29, 1.82) is 5.26 Å². The van der Waals surface area contributed by atoms with Crippen molar-refractivity contribution in [3.8, 4) is 11.8 Å². The molecule has 32 heavy (non-hydrogen) atoms. The van der Waals surface area contributed by atoms with Gasteiger partial charge in [0.2, 0.25) is 15.0 Å². The number of carbonyl (C=O) groups excluding carboxylic acids is 1. The highest BCUT2D eigenvalue weighted by atomic mass is 35.5. The van der Waals surface area contributed by atoms with Crippen LogP contribution in [0.1, 0.15) is 16.7 Å². The fraction of sp³-hybridized carbons (Fsp3) is 0.143. The number of anilines is 1. The van der Waals surface area contributed by atoms with E-state index in [1.807, 2.05) is 31.2 Å². The van der Waals surface area contributed by atoms with E-state index in [0.29, 0.717) is 34.5 Å². The van der Waals surface area contributed by atoms with E-state index in [-0.39, 0.29) is 10.7 Å². The summed E-state index contributed by atoms with van der Waals surface area (Å²) in [6.07, 6.45) is 2.31. The number of hydrogen-bond donors (Lipinski definition) is 1. The number of nitriles is 1. The number of sulfone groups is 1. The van der Waals surface area contributed by atoms with Crippen molar-refractivity contribution in [3.05, 3.63) is 69.8 Å². The normalized spacial score (nSPS) is 11.6. The predicted octanol–water partition coefficient (Wildman–Crippen LogP) is 4.03. The smallest absolute Gasteiger partial charge is 0.268 e. The van der Waals surface area contributed by atoms with E-state index in [1.165, 1.54) is 6.08 Å². The zero-order chi connectivity index (χ0) is 23.3. The molecule has 0 aliphatic carbocycles. The second kappa shape index (κ2) is 9.91. The van der Waals surface area contributed by atoms with Crippen molar-refractivity contribution in [1.82, 2.24) is 9.36 Å². The lowest BCUT2D eigenvalue weighted by atomic mass is 10.1. The molecule has 8 nitrogen and oxygen atoms in total. The molecule has 0 unspecified atom stereocenters. The number of aryl methyl sites for hydroxylation is 1. The highest BCUT2D eigenvalue weighted by molar-refractivity contribution is 7.90. The highest BCUT2D eigenvalue weighted by Gasteiger charge is 2.17. The molecule has 0 fully saturated rings. The number of nitrogens with zero attached hydrogens (tertiary/aromatic N) is 3. The maximum atomic E-state index is 12.4. The standard InChI is InChI=1S/C21H17ClN4O4S2/c1-13-3-5-14(6-4-13)12-30-18-8-7-15(10-17(18)22)9-16(11-23)19(27)24-20-25-21(26-31-20)32(2,28)29/h3-10H,12H2,1-2H3,(H,24,25,26,27)/b16-9-. The maximum absolute atomic E-state index is 12.4. The number of hydrogen-bond acceptors (Lipinski definition) is 8. The van der Waals surface area contributed by atoms with Crippen LogP contribution in [0.15, 0.2) is 53.2 Å². The first-order valence-corrected chi connectivity index (χ1v) is 12.1. The van der Waals surface area contributed by atoms with Gasteiger partial charge in [-0.15, -0.1) is 0 Å². The van der Waals surface area contributed by atoms with Gasteiger partial charge in [-0.1, -0.05) is 47.5 Å². The molecular weight excluding hydrogens is 472 g/mol. The summed E-state index contributed by atoms with van der Waals surface area (Å²) in [6, 6.07) is 14.6. The number of ether oxygens (including phenoxy) is 1. The lowest BCUT2D eigenvalue weighted by molar-refractivity contribution is -0.112. The summed E-state index contributed by atoms with van der Waals surface area (Å²) in [5.74, 6) is -0.283. The van der Waals surface area contributed by atoms with Crippen LogP contribution in [0, 0.1) is 18.3 Å². The minimum atomic E-state index is -3.59. The molecule has 1 amide bonds. The fourth-order valence-corrected chi connectivity index (χ4v) is 4.14. The van der Waals surface area contributed by atoms with Crippen LogP contribution in [0.3, 0.4) is 0 Å². The minimum Gasteiger partial charge on any atom is -0.487 e. The summed E-state index contributed by atoms with van der Waals surface area (Å²) in [5, 5.41) is 11.6. The summed E-state index contributed by atoms with van der Waals surface area (Å²) in [7, 11) is -3.59. The lowest BCUT2D eigenvalue weighted by Crippen LogP contribution is -2.13. The van der Waals surface area contributed by atoms with Crippen molar-refractivity contribution in [2.45, 2.75) is 18.7 Å². The summed E-state index contributed by atoms with van der Waals surface area (Å²) in [4.78, 5) is 16.1. The maximum Gasteiger partial charge on any atom is 0.268 e. The molecule has 1 N–H and O–H groups in total. The summed E-state index contributed by atoms with van der Waals surface area (Å²) in [6.45, 7) is 2.35. The number of nitrogens with one attached hydrogen (secondary N) is 1. The second-order valence-electron chi connectivity index (χ2n) is 6.74. The van der Waals surface area contributed by atoms with Gasteiger partial charge in [0.25, 0.3) is 11.1 Å². The van der Waals surface area contributed by atoms with Crippen molar-refractivity contribution in [3.63, 3.8) is 0 Å². The average Bonchev–Trinajstić information content (AvgIpc) is 3.21. The molecule has 0 radical (unpaired) electrons. The summed E-state index contributed by atoms with van der Waals surface area (Å²) < 4.78 is 32.3. The molecule has 0 atom stereocenters. The van der Waals surface area contributed by atoms with E-state index in [1.54, 1.807) is 24.3 Å². The molecule has 0 spiro atoms. The van der Waals surface area contributed by atoms with Crippen LogP contribution in [-0.2, 0) is 21.2 Å². The van der Waals surface area contributed by atoms with E-state index in [9.17, 15) is 18.5 Å². The second-order valence-corrected chi connectivity index (χ2v) is 9.81. The largest absolute Gasteiger partial charge is 0.487 e. The van der Waals surface area contributed by atoms with Gasteiger partial charge < -0.3 is 4.74 Å². The number of amides is 1. The van der Waals surface area contributed by atoms with Gasteiger partial charge in [-0.25, -0.2) is 8.42 Å². The molecule has 1 aromatic heterocycles. The Balaban J connectivity index is 1.70. The van der Waals surface area contributed by atoms with Gasteiger partial charge in [0.05, 0.1) is 5.02 Å². The van der Waals surface area contributed by atoms with Gasteiger partial charge in [-0.3, -0.25) is 10.1 Å². The van der Waals surface area contributed by atoms with Crippen LogP contribution >= 0.6 is 23.1 Å². The van der Waals surface area contributed by atoms with Crippen molar-refractivity contribution in [2.75, 3.05) is 11.6 Å². The van der Waals surface area contributed by atoms with Crippen LogP contribution in [-0.4, -0.2) is 29.9 Å². The topological polar surface area (TPSA) is 122 Å². The molecule has 3 aromatic rings. The van der Waals surface area contributed by atoms with E-state index < -0.39 is 20.9 Å². The van der Waals surface area contributed by atoms with Crippen molar-refractivity contribution < 1.29 is 17.9 Å². The van der Waals surface area contributed by atoms with E-state index >= 15 is 0 Å². The Labute approximate surface area is 194 Å². The fourth-order valence-electron chi connectivity index (χ4n) is 2.46. The molecule has 0 aliphatic rings. The van der Waals surface area contributed by atoms with Crippen LogP contribution in [0.4, 0.5) is 5.13 Å². The van der Waals surface area contributed by atoms with Gasteiger partial charge in [-0.05, 0) is 36.3 Å². The summed E-state index contributed by atoms with van der Waals surface area (Å²) in [5.41, 5.74) is 2.45. The Morgan fingerprint density at radius 2 is 2.00 bits per heavy atom. The molecule has 1 heterocycles. The monoisotopic (exact) mass is 488 g/mol. The molecule has 0 saturated carbocycles. The molecule has 2 aromatic carbocycles. The van der Waals surface area contributed by atoms with E-state index in [0.717, 1.165) is 17.4 Å². The van der Waals surface area contributed by atoms with E-state index in [4.69, 9.17) is 16.3 Å². The third-order valence-corrected chi connectivity index (χ3v) is 5.99. The highest BCUT2D eigenvalue weighted by Crippen LogP contribution is 2.27. The third kappa shape index (κ3) is 6.13. The lowest BCUT2D eigenvalue weighted by Gasteiger charge is -2.09. The zero-order valence-corrected chi connectivity index (χ0v) is 19.4. The zero-order valence-electron chi connectivity index (χ0n) is 17.0. The third-order valence-electron chi connectivity index (χ3n) is 4.11. The van der Waals surface area contributed by atoms with Gasteiger partial charge in [0, 0.05) is 17.8 Å². The molecule has 0 bridgehead atoms. The Morgan fingerprint density at radius 3 is 2.59 bits per heavy atom. The minimum absolute atomic E-state index is 0.0329. The van der Waals surface area contributed by atoms with Crippen molar-refractivity contribution in [2.24, 2.45) is 0 Å². The quantitative estimate of drug-likeness (QED) is 0.393. The van der Waals surface area contributed by atoms with E-state index in [2.05, 4.69) is 14.7 Å². The number of rotatable bonds is 7. The Hall–Kier alpha value is -3.26. The molecule has 3 rings (SSSR count). The number of aromatic nitrogens is 2. The average molecular weight is 489 g/mol. The molecule has 11 heteroatoms. The Morgan fingerprint density at radius 1 is 1.28 bits per heavy atom. The van der Waals surface area contributed by atoms with Crippen LogP contribution in [0.25, 0.3) is 6.08 Å². The Bertz CT molecular complexity index is 1330. The van der Waals surface area contributed by atoms with Gasteiger partial charge in [0.15, 0.2) is 0 Å². The number of carbonyl (C=O) groups is 1. The summed E-state index contributed by atoms with van der Waals surface area (Å²) >= 11 is 6.99. The number of halogens is 1. The molecule has 164 valence electrons. The van der Waals surface area contributed by atoms with Crippen LogP contribution < -0.4 is 10.1 Å². The number of benzene rings is 2. The van der Waals surface area contributed by atoms with Crippen LogP contribution in [0.2, 0.25) is 5.02 Å². The van der Waals surface area contributed by atoms with Gasteiger partial charge >= 0.3 is 0 Å². The Kier molecular flexibility index (Phi) is 7.25. The predicted molar refractivity (Wildman–Crippen MR) is 122 cm³/mol. The SMILES string of the molecule is Cc1ccc(COc2ccc(/C=C(/C#N)C(=O)Nc3nc(S(C)(=O)=O)ns3)cc2Cl)cc1. The first kappa shape index (κ1) is 23.4. The molecule has 0 saturated heterocycles. The van der Waals surface area contributed by atoms with Gasteiger partial charge in [-0.2, -0.15) is 14.6 Å². The molecular formula is C21H17ClN4O4S2.